The number of amides is 1. The average molecular weight is 242 g/mol. The number of aryl methyl sites for hydroxylation is 2. The third kappa shape index (κ3) is 2.82. The predicted molar refractivity (Wildman–Crippen MR) is 56.6 cm³/mol. The summed E-state index contributed by atoms with van der Waals surface area (Å²) in [6, 6.07) is 0. The van der Waals surface area contributed by atoms with Crippen LogP contribution in [0.4, 0.5) is 0 Å². The molecule has 1 atom stereocenters. The molecule has 1 unspecified atom stereocenters. The van der Waals surface area contributed by atoms with Crippen molar-refractivity contribution in [3.8, 4) is 0 Å². The van der Waals surface area contributed by atoms with E-state index in [0.717, 1.165) is 6.92 Å². The van der Waals surface area contributed by atoms with E-state index >= 15 is 0 Å². The number of carbonyl (C=O) groups excluding carboxylic acids is 1. The van der Waals surface area contributed by atoms with Crippen LogP contribution in [0.5, 0.6) is 0 Å². The van der Waals surface area contributed by atoms with Crippen LogP contribution in [0.25, 0.3) is 0 Å². The molecule has 1 heterocycles. The summed E-state index contributed by atoms with van der Waals surface area (Å²) in [6.45, 7) is 3.87. The number of rotatable bonds is 4. The molecule has 94 valence electrons. The number of aliphatic carboxylic acids is 1. The minimum Gasteiger partial charge on any atom is -0.479 e. The summed E-state index contributed by atoms with van der Waals surface area (Å²) in [6.07, 6.45) is 0. The Morgan fingerprint density at radius 2 is 2.06 bits per heavy atom. The third-order valence-electron chi connectivity index (χ3n) is 2.31. The van der Waals surface area contributed by atoms with Crippen molar-refractivity contribution in [1.82, 2.24) is 10.5 Å². The van der Waals surface area contributed by atoms with Gasteiger partial charge in [-0.15, -0.1) is 0 Å². The number of nitrogens with zero attached hydrogens (tertiary/aromatic N) is 1. The van der Waals surface area contributed by atoms with Crippen LogP contribution in [0.3, 0.4) is 0 Å². The molecule has 1 rings (SSSR count). The molecule has 0 saturated heterocycles. The fourth-order valence-corrected chi connectivity index (χ4v) is 1.22. The maximum absolute atomic E-state index is 11.7. The molecule has 0 aliphatic rings. The van der Waals surface area contributed by atoms with Crippen LogP contribution in [0.15, 0.2) is 4.52 Å². The van der Waals surface area contributed by atoms with Crippen molar-refractivity contribution in [1.29, 1.82) is 0 Å². The Hall–Kier alpha value is -1.89. The minimum atomic E-state index is -2.01. The van der Waals surface area contributed by atoms with E-state index in [2.05, 4.69) is 10.5 Å². The van der Waals surface area contributed by atoms with Gasteiger partial charge in [-0.3, -0.25) is 4.79 Å². The van der Waals surface area contributed by atoms with Crippen molar-refractivity contribution in [2.45, 2.75) is 26.4 Å². The Bertz CT molecular complexity index is 430. The molecule has 1 aromatic rings. The summed E-state index contributed by atoms with van der Waals surface area (Å²) < 4.78 is 4.81. The quantitative estimate of drug-likeness (QED) is 0.677. The van der Waals surface area contributed by atoms with Crippen LogP contribution in [-0.4, -0.2) is 39.4 Å². The highest BCUT2D eigenvalue weighted by atomic mass is 16.5. The number of aromatic nitrogens is 1. The highest BCUT2D eigenvalue weighted by Gasteiger charge is 2.31. The first-order valence-electron chi connectivity index (χ1n) is 4.92. The first-order valence-corrected chi connectivity index (χ1v) is 4.92. The molecule has 7 heteroatoms. The third-order valence-corrected chi connectivity index (χ3v) is 2.31. The normalized spacial score (nSPS) is 14.1. The summed E-state index contributed by atoms with van der Waals surface area (Å²) >= 11 is 0. The maximum Gasteiger partial charge on any atom is 0.337 e. The van der Waals surface area contributed by atoms with E-state index in [1.54, 1.807) is 13.8 Å². The molecule has 7 nitrogen and oxygen atoms in total. The molecule has 0 radical (unpaired) electrons. The molecule has 0 fully saturated rings. The van der Waals surface area contributed by atoms with Gasteiger partial charge in [0.1, 0.15) is 11.3 Å². The summed E-state index contributed by atoms with van der Waals surface area (Å²) in [7, 11) is 0. The van der Waals surface area contributed by atoms with Crippen molar-refractivity contribution < 1.29 is 24.3 Å². The summed E-state index contributed by atoms with van der Waals surface area (Å²) in [5.74, 6) is -1.59. The second-order valence-electron chi connectivity index (χ2n) is 3.96. The van der Waals surface area contributed by atoms with Gasteiger partial charge in [0.25, 0.3) is 5.91 Å². The van der Waals surface area contributed by atoms with E-state index in [4.69, 9.17) is 9.63 Å². The lowest BCUT2D eigenvalue weighted by Crippen LogP contribution is -2.46. The topological polar surface area (TPSA) is 113 Å². The highest BCUT2D eigenvalue weighted by Crippen LogP contribution is 2.12. The zero-order valence-electron chi connectivity index (χ0n) is 9.77. The van der Waals surface area contributed by atoms with Crippen LogP contribution in [0, 0.1) is 13.8 Å². The fourth-order valence-electron chi connectivity index (χ4n) is 1.22. The number of aliphatic hydroxyl groups is 1. The molecule has 0 spiro atoms. The van der Waals surface area contributed by atoms with Gasteiger partial charge < -0.3 is 20.1 Å². The van der Waals surface area contributed by atoms with Crippen LogP contribution in [-0.2, 0) is 4.79 Å². The van der Waals surface area contributed by atoms with E-state index < -0.39 is 24.0 Å². The minimum absolute atomic E-state index is 0.256. The molecule has 1 aromatic heterocycles. The van der Waals surface area contributed by atoms with Crippen molar-refractivity contribution in [2.75, 3.05) is 6.54 Å². The van der Waals surface area contributed by atoms with Crippen LogP contribution >= 0.6 is 0 Å². The SMILES string of the molecule is Cc1noc(C)c1C(=O)NCC(C)(O)C(=O)O. The Morgan fingerprint density at radius 1 is 1.47 bits per heavy atom. The van der Waals surface area contributed by atoms with Crippen LogP contribution in [0.2, 0.25) is 0 Å². The van der Waals surface area contributed by atoms with Gasteiger partial charge in [-0.25, -0.2) is 4.79 Å². The molecule has 0 saturated carbocycles. The standard InChI is InChI=1S/C10H14N2O5/c1-5-7(6(2)17-12-5)8(13)11-4-10(3,16)9(14)15/h16H,4H2,1-3H3,(H,11,13)(H,14,15). The van der Waals surface area contributed by atoms with Crippen LogP contribution in [0.1, 0.15) is 28.7 Å². The first-order chi connectivity index (χ1) is 7.75. The predicted octanol–water partition coefficient (Wildman–Crippen LogP) is -0.143. The van der Waals surface area contributed by atoms with Gasteiger partial charge in [0, 0.05) is 0 Å². The molecular weight excluding hydrogens is 228 g/mol. The molecule has 0 aromatic carbocycles. The van der Waals surface area contributed by atoms with E-state index in [0.29, 0.717) is 11.5 Å². The zero-order valence-corrected chi connectivity index (χ0v) is 9.77. The van der Waals surface area contributed by atoms with Crippen LogP contribution < -0.4 is 5.32 Å². The van der Waals surface area contributed by atoms with Crippen molar-refractivity contribution in [3.05, 3.63) is 17.0 Å². The van der Waals surface area contributed by atoms with Gasteiger partial charge in [0.15, 0.2) is 5.60 Å². The van der Waals surface area contributed by atoms with Crippen molar-refractivity contribution in [3.63, 3.8) is 0 Å². The summed E-state index contributed by atoms with van der Waals surface area (Å²) in [5, 5.41) is 24.0. The Morgan fingerprint density at radius 3 is 2.47 bits per heavy atom. The lowest BCUT2D eigenvalue weighted by atomic mass is 10.1. The largest absolute Gasteiger partial charge is 0.479 e. The summed E-state index contributed by atoms with van der Waals surface area (Å²) in [5.41, 5.74) is -1.34. The molecule has 0 aliphatic heterocycles. The van der Waals surface area contributed by atoms with E-state index in [-0.39, 0.29) is 5.56 Å². The molecule has 1 amide bonds. The van der Waals surface area contributed by atoms with E-state index in [9.17, 15) is 14.7 Å². The molecule has 3 N–H and O–H groups in total. The molecular formula is C10H14N2O5. The lowest BCUT2D eigenvalue weighted by Gasteiger charge is -2.18. The van der Waals surface area contributed by atoms with E-state index in [1.165, 1.54) is 0 Å². The average Bonchev–Trinajstić information content (AvgIpc) is 2.55. The number of hydrogen-bond acceptors (Lipinski definition) is 5. The Kier molecular flexibility index (Phi) is 3.52. The number of hydrogen-bond donors (Lipinski definition) is 3. The second kappa shape index (κ2) is 4.54. The Labute approximate surface area is 97.4 Å². The van der Waals surface area contributed by atoms with Crippen molar-refractivity contribution >= 4 is 11.9 Å². The monoisotopic (exact) mass is 242 g/mol. The summed E-state index contributed by atoms with van der Waals surface area (Å²) in [4.78, 5) is 22.3. The maximum atomic E-state index is 11.7. The Balaban J connectivity index is 2.72. The molecule has 0 aliphatic carbocycles. The van der Waals surface area contributed by atoms with Gasteiger partial charge in [-0.2, -0.15) is 0 Å². The smallest absolute Gasteiger partial charge is 0.337 e. The van der Waals surface area contributed by atoms with Gasteiger partial charge >= 0.3 is 5.97 Å². The molecule has 17 heavy (non-hydrogen) atoms. The first kappa shape index (κ1) is 13.2. The van der Waals surface area contributed by atoms with E-state index in [1.807, 2.05) is 0 Å². The van der Waals surface area contributed by atoms with Gasteiger partial charge in [-0.05, 0) is 20.8 Å². The van der Waals surface area contributed by atoms with Gasteiger partial charge in [-0.1, -0.05) is 5.16 Å². The number of nitrogens with one attached hydrogen (secondary N) is 1. The lowest BCUT2D eigenvalue weighted by molar-refractivity contribution is -0.155. The molecule has 0 bridgehead atoms. The van der Waals surface area contributed by atoms with Crippen molar-refractivity contribution in [2.24, 2.45) is 0 Å². The number of carbonyl (C=O) groups is 2. The number of carboxylic acid groups (broad SMARTS) is 1. The fraction of sp³-hybridized carbons (Fsp3) is 0.500. The zero-order chi connectivity index (χ0) is 13.2. The van der Waals surface area contributed by atoms with Gasteiger partial charge in [0.05, 0.1) is 12.2 Å². The van der Waals surface area contributed by atoms with Gasteiger partial charge in [0.2, 0.25) is 0 Å². The highest BCUT2D eigenvalue weighted by molar-refractivity contribution is 5.96. The number of carboxylic acids is 1. The second-order valence-corrected chi connectivity index (χ2v) is 3.96.